The summed E-state index contributed by atoms with van der Waals surface area (Å²) >= 11 is 0. The average molecular weight is 445 g/mol. The summed E-state index contributed by atoms with van der Waals surface area (Å²) in [6.45, 7) is 3.67. The molecule has 6 nitrogen and oxygen atoms in total. The van der Waals surface area contributed by atoms with Gasteiger partial charge in [-0.15, -0.1) is 0 Å². The maximum Gasteiger partial charge on any atom is 0.321 e. The van der Waals surface area contributed by atoms with Gasteiger partial charge >= 0.3 is 6.03 Å². The van der Waals surface area contributed by atoms with Gasteiger partial charge in [0, 0.05) is 42.7 Å². The number of nitrogens with zero attached hydrogens (tertiary/aromatic N) is 2. The number of amides is 2. The summed E-state index contributed by atoms with van der Waals surface area (Å²) in [6.07, 6.45) is 3.32. The number of carbonyl (C=O) groups is 2. The molecule has 0 aliphatic carbocycles. The smallest absolute Gasteiger partial charge is 0.321 e. The van der Waals surface area contributed by atoms with Gasteiger partial charge in [-0.2, -0.15) is 0 Å². The average Bonchev–Trinajstić information content (AvgIpc) is 2.79. The van der Waals surface area contributed by atoms with Crippen LogP contribution in [0.15, 0.2) is 77.4 Å². The third-order valence-electron chi connectivity index (χ3n) is 5.86. The van der Waals surface area contributed by atoms with Crippen molar-refractivity contribution in [2.45, 2.75) is 26.3 Å². The first-order valence-corrected chi connectivity index (χ1v) is 10.6. The molecule has 7 heteroatoms. The molecule has 0 saturated carbocycles. The van der Waals surface area contributed by atoms with Gasteiger partial charge in [0.1, 0.15) is 5.82 Å². The van der Waals surface area contributed by atoms with Crippen LogP contribution in [0.1, 0.15) is 28.3 Å². The Balaban J connectivity index is 1.68. The fourth-order valence-corrected chi connectivity index (χ4v) is 3.87. The van der Waals surface area contributed by atoms with Crippen LogP contribution in [0.25, 0.3) is 5.69 Å². The van der Waals surface area contributed by atoms with Gasteiger partial charge in [-0.25, -0.2) is 9.18 Å². The summed E-state index contributed by atoms with van der Waals surface area (Å²) in [6, 6.07) is 13.8. The molecule has 0 saturated heterocycles. The number of nitrogens with one attached hydrogen (secondary N) is 1. The largest absolute Gasteiger partial charge is 0.327 e. The molecule has 4 rings (SSSR count). The van der Waals surface area contributed by atoms with E-state index in [1.165, 1.54) is 23.2 Å². The second-order valence-corrected chi connectivity index (χ2v) is 8.21. The van der Waals surface area contributed by atoms with Crippen molar-refractivity contribution in [2.75, 3.05) is 7.05 Å². The molecule has 0 fully saturated rings. The van der Waals surface area contributed by atoms with Gasteiger partial charge in [0.05, 0.1) is 6.04 Å². The number of hydrogen-bond donors (Lipinski definition) is 1. The van der Waals surface area contributed by atoms with Gasteiger partial charge in [-0.1, -0.05) is 24.3 Å². The van der Waals surface area contributed by atoms with Crippen molar-refractivity contribution < 1.29 is 14.0 Å². The Hall–Kier alpha value is -4.00. The van der Waals surface area contributed by atoms with Crippen LogP contribution in [0, 0.1) is 19.7 Å². The molecule has 0 radical (unpaired) electrons. The van der Waals surface area contributed by atoms with E-state index in [4.69, 9.17) is 0 Å². The number of urea groups is 1. The molecule has 0 bridgehead atoms. The molecular formula is C26H24FN3O3. The van der Waals surface area contributed by atoms with Crippen LogP contribution in [-0.2, 0) is 11.2 Å². The summed E-state index contributed by atoms with van der Waals surface area (Å²) in [7, 11) is 1.57. The number of benzene rings is 2. The zero-order valence-electron chi connectivity index (χ0n) is 18.6. The maximum absolute atomic E-state index is 13.4. The SMILES string of the molecule is Cc1ccc(-n2cccc(C)c2=O)cc1CC(=O)C1=CN(C)C(=O)N[C@H]1c1ccc(F)cc1. The minimum Gasteiger partial charge on any atom is -0.327 e. The van der Waals surface area contributed by atoms with Gasteiger partial charge in [-0.05, 0) is 60.9 Å². The number of pyridine rings is 1. The number of Topliss-reactive ketones (excluding diaryl/α,β-unsaturated/α-hetero) is 1. The lowest BCUT2D eigenvalue weighted by atomic mass is 9.91. The molecule has 1 N–H and O–H groups in total. The van der Waals surface area contributed by atoms with Crippen LogP contribution in [-0.4, -0.2) is 28.3 Å². The molecule has 0 unspecified atom stereocenters. The van der Waals surface area contributed by atoms with Crippen LogP contribution < -0.4 is 10.9 Å². The Labute approximate surface area is 191 Å². The molecule has 2 amide bonds. The Kier molecular flexibility index (Phi) is 5.96. The molecule has 33 heavy (non-hydrogen) atoms. The molecule has 2 heterocycles. The topological polar surface area (TPSA) is 71.4 Å². The first-order chi connectivity index (χ1) is 15.7. The van der Waals surface area contributed by atoms with Crippen molar-refractivity contribution in [1.82, 2.24) is 14.8 Å². The molecule has 0 spiro atoms. The molecule has 1 aliphatic heterocycles. The second kappa shape index (κ2) is 8.86. The molecule has 168 valence electrons. The number of hydrogen-bond acceptors (Lipinski definition) is 3. The number of rotatable bonds is 5. The van der Waals surface area contributed by atoms with E-state index in [-0.39, 0.29) is 23.8 Å². The lowest BCUT2D eigenvalue weighted by molar-refractivity contribution is -0.115. The summed E-state index contributed by atoms with van der Waals surface area (Å²) in [5.41, 5.74) is 3.91. The normalized spacial score (nSPS) is 15.8. The highest BCUT2D eigenvalue weighted by molar-refractivity contribution is 6.00. The molecule has 1 aromatic heterocycles. The van der Waals surface area contributed by atoms with E-state index < -0.39 is 11.9 Å². The predicted octanol–water partition coefficient (Wildman–Crippen LogP) is 3.99. The van der Waals surface area contributed by atoms with E-state index in [0.29, 0.717) is 22.4 Å². The van der Waals surface area contributed by atoms with Gasteiger partial charge in [-0.3, -0.25) is 14.2 Å². The summed E-state index contributed by atoms with van der Waals surface area (Å²) in [4.78, 5) is 39.5. The van der Waals surface area contributed by atoms with Crippen molar-refractivity contribution in [3.8, 4) is 5.69 Å². The first kappa shape index (κ1) is 22.2. The van der Waals surface area contributed by atoms with E-state index in [1.54, 1.807) is 49.0 Å². The molecular weight excluding hydrogens is 421 g/mol. The highest BCUT2D eigenvalue weighted by Crippen LogP contribution is 2.28. The van der Waals surface area contributed by atoms with Crippen molar-refractivity contribution in [3.05, 3.63) is 111 Å². The van der Waals surface area contributed by atoms with E-state index >= 15 is 0 Å². The van der Waals surface area contributed by atoms with E-state index in [1.807, 2.05) is 25.1 Å². The monoisotopic (exact) mass is 445 g/mol. The van der Waals surface area contributed by atoms with Crippen LogP contribution in [0.3, 0.4) is 0 Å². The van der Waals surface area contributed by atoms with Crippen molar-refractivity contribution in [3.63, 3.8) is 0 Å². The second-order valence-electron chi connectivity index (χ2n) is 8.21. The Morgan fingerprint density at radius 2 is 1.76 bits per heavy atom. The van der Waals surface area contributed by atoms with Gasteiger partial charge in [0.25, 0.3) is 5.56 Å². The Morgan fingerprint density at radius 3 is 2.48 bits per heavy atom. The lowest BCUT2D eigenvalue weighted by Crippen LogP contribution is -2.43. The minimum absolute atomic E-state index is 0.0908. The number of ketones is 1. The van der Waals surface area contributed by atoms with E-state index in [9.17, 15) is 18.8 Å². The van der Waals surface area contributed by atoms with Crippen molar-refractivity contribution in [2.24, 2.45) is 0 Å². The minimum atomic E-state index is -0.676. The van der Waals surface area contributed by atoms with Gasteiger partial charge in [0.15, 0.2) is 5.78 Å². The van der Waals surface area contributed by atoms with Crippen LogP contribution in [0.4, 0.5) is 9.18 Å². The van der Waals surface area contributed by atoms with Crippen molar-refractivity contribution >= 4 is 11.8 Å². The highest BCUT2D eigenvalue weighted by Gasteiger charge is 2.30. The van der Waals surface area contributed by atoms with Gasteiger partial charge < -0.3 is 10.2 Å². The zero-order valence-corrected chi connectivity index (χ0v) is 18.6. The molecule has 1 aliphatic rings. The third kappa shape index (κ3) is 4.48. The standard InChI is InChI=1S/C26H24FN3O3/c1-16-6-11-21(30-12-4-5-17(2)25(30)32)13-19(16)14-23(31)22-15-29(3)26(33)28-24(22)18-7-9-20(27)10-8-18/h4-13,15,24H,14H2,1-3H3,(H,28,33)/t24-/m0/s1. The summed E-state index contributed by atoms with van der Waals surface area (Å²) < 4.78 is 15.0. The fraction of sp³-hybridized carbons (Fsp3) is 0.192. The lowest BCUT2D eigenvalue weighted by Gasteiger charge is -2.30. The predicted molar refractivity (Wildman–Crippen MR) is 124 cm³/mol. The molecule has 2 aromatic carbocycles. The van der Waals surface area contributed by atoms with E-state index in [0.717, 1.165) is 11.1 Å². The summed E-state index contributed by atoms with van der Waals surface area (Å²) in [5, 5.41) is 2.81. The summed E-state index contributed by atoms with van der Waals surface area (Å²) in [5.74, 6) is -0.568. The van der Waals surface area contributed by atoms with E-state index in [2.05, 4.69) is 5.32 Å². The first-order valence-electron chi connectivity index (χ1n) is 10.6. The van der Waals surface area contributed by atoms with Gasteiger partial charge in [0.2, 0.25) is 0 Å². The van der Waals surface area contributed by atoms with Crippen LogP contribution >= 0.6 is 0 Å². The maximum atomic E-state index is 13.4. The fourth-order valence-electron chi connectivity index (χ4n) is 3.87. The number of aryl methyl sites for hydroxylation is 2. The Bertz CT molecular complexity index is 1330. The van der Waals surface area contributed by atoms with Crippen LogP contribution in [0.2, 0.25) is 0 Å². The number of carbonyl (C=O) groups excluding carboxylic acids is 2. The van der Waals surface area contributed by atoms with Crippen molar-refractivity contribution in [1.29, 1.82) is 0 Å². The zero-order chi connectivity index (χ0) is 23.7. The molecule has 1 atom stereocenters. The highest BCUT2D eigenvalue weighted by atomic mass is 19.1. The quantitative estimate of drug-likeness (QED) is 0.646. The molecule has 3 aromatic rings. The number of halogens is 1. The number of aromatic nitrogens is 1. The third-order valence-corrected chi connectivity index (χ3v) is 5.86. The Morgan fingerprint density at radius 1 is 1.03 bits per heavy atom. The van der Waals surface area contributed by atoms with Crippen LogP contribution in [0.5, 0.6) is 0 Å².